The number of carbonyl (C=O) groups excluding carboxylic acids is 2. The van der Waals surface area contributed by atoms with Crippen molar-refractivity contribution in [2.45, 2.75) is 45.2 Å². The second kappa shape index (κ2) is 7.31. The van der Waals surface area contributed by atoms with E-state index in [1.54, 1.807) is 12.1 Å². The molecule has 3 rings (SSSR count). The van der Waals surface area contributed by atoms with Gasteiger partial charge in [-0.25, -0.2) is 9.59 Å². The number of nitrogens with one attached hydrogen (secondary N) is 2. The number of oxazole rings is 1. The Balaban J connectivity index is 1.63. The maximum absolute atomic E-state index is 12.1. The Bertz CT molecular complexity index is 857. The fourth-order valence-corrected chi connectivity index (χ4v) is 3.40. The predicted molar refractivity (Wildman–Crippen MR) is 93.6 cm³/mol. The van der Waals surface area contributed by atoms with Gasteiger partial charge in [-0.3, -0.25) is 14.7 Å². The molecule has 1 saturated carbocycles. The number of benzene rings is 1. The Labute approximate surface area is 149 Å². The van der Waals surface area contributed by atoms with Gasteiger partial charge < -0.3 is 9.73 Å². The van der Waals surface area contributed by atoms with E-state index >= 15 is 0 Å². The molecule has 1 aromatic carbocycles. The fourth-order valence-electron chi connectivity index (χ4n) is 3.23. The highest BCUT2D eigenvalue weighted by Gasteiger charge is 2.23. The number of urea groups is 1. The Morgan fingerprint density at radius 1 is 1.32 bits per heavy atom. The number of fused-ring (bicyclic) bond motifs is 1. The van der Waals surface area contributed by atoms with Crippen molar-refractivity contribution in [2.24, 2.45) is 5.92 Å². The number of halogens is 1. The Hall–Kier alpha value is -2.28. The van der Waals surface area contributed by atoms with Crippen molar-refractivity contribution in [3.05, 3.63) is 33.8 Å². The van der Waals surface area contributed by atoms with Gasteiger partial charge in [-0.2, -0.15) is 0 Å². The fraction of sp³-hybridized carbons (Fsp3) is 0.471. The van der Waals surface area contributed by atoms with Gasteiger partial charge in [-0.05, 0) is 30.9 Å². The van der Waals surface area contributed by atoms with E-state index in [4.69, 9.17) is 16.0 Å². The van der Waals surface area contributed by atoms with Gasteiger partial charge in [0.05, 0.1) is 5.52 Å². The van der Waals surface area contributed by atoms with Crippen molar-refractivity contribution in [1.29, 1.82) is 0 Å². The molecule has 0 spiro atoms. The Kier molecular flexibility index (Phi) is 5.13. The quantitative estimate of drug-likeness (QED) is 0.874. The molecule has 1 heterocycles. The molecule has 0 aliphatic heterocycles. The molecule has 2 N–H and O–H groups in total. The van der Waals surface area contributed by atoms with E-state index in [1.165, 1.54) is 12.5 Å². The van der Waals surface area contributed by atoms with Crippen LogP contribution in [-0.2, 0) is 11.3 Å². The summed E-state index contributed by atoms with van der Waals surface area (Å²) in [5, 5.41) is 5.54. The Morgan fingerprint density at radius 2 is 2.08 bits per heavy atom. The molecular formula is C17H20ClN3O4. The molecule has 25 heavy (non-hydrogen) atoms. The van der Waals surface area contributed by atoms with Gasteiger partial charge in [0.1, 0.15) is 6.54 Å². The molecule has 1 aliphatic rings. The van der Waals surface area contributed by atoms with E-state index in [9.17, 15) is 14.4 Å². The summed E-state index contributed by atoms with van der Waals surface area (Å²) in [7, 11) is 0. The van der Waals surface area contributed by atoms with Gasteiger partial charge in [0, 0.05) is 17.1 Å². The van der Waals surface area contributed by atoms with Crippen molar-refractivity contribution in [3.63, 3.8) is 0 Å². The standard InChI is InChI=1S/C17H20ClN3O4/c1-10-4-2-3-5-12(10)19-16(23)20-15(22)9-21-13-7-6-11(18)8-14(13)25-17(21)24/h6-8,10,12H,2-5,9H2,1H3,(H2,19,20,22,23)/t10-,12+/m1/s1. The van der Waals surface area contributed by atoms with Gasteiger partial charge in [0.25, 0.3) is 0 Å². The monoisotopic (exact) mass is 365 g/mol. The number of nitrogens with zero attached hydrogens (tertiary/aromatic N) is 1. The van der Waals surface area contributed by atoms with Crippen molar-refractivity contribution in [3.8, 4) is 0 Å². The molecule has 0 radical (unpaired) electrons. The SMILES string of the molecule is C[C@@H]1CCCC[C@@H]1NC(=O)NC(=O)Cn1c(=O)oc2cc(Cl)ccc21. The number of hydrogen-bond donors (Lipinski definition) is 2. The van der Waals surface area contributed by atoms with Crippen molar-refractivity contribution < 1.29 is 14.0 Å². The zero-order chi connectivity index (χ0) is 18.0. The van der Waals surface area contributed by atoms with Gasteiger partial charge in [-0.1, -0.05) is 31.4 Å². The lowest BCUT2D eigenvalue weighted by molar-refractivity contribution is -0.120. The summed E-state index contributed by atoms with van der Waals surface area (Å²) < 4.78 is 6.23. The third-order valence-electron chi connectivity index (χ3n) is 4.61. The lowest BCUT2D eigenvalue weighted by Crippen LogP contribution is -2.48. The first-order chi connectivity index (χ1) is 11.9. The molecule has 2 aromatic rings. The molecular weight excluding hydrogens is 346 g/mol. The van der Waals surface area contributed by atoms with E-state index in [1.807, 2.05) is 0 Å². The van der Waals surface area contributed by atoms with E-state index < -0.39 is 17.7 Å². The molecule has 7 nitrogen and oxygen atoms in total. The van der Waals surface area contributed by atoms with Crippen LogP contribution >= 0.6 is 11.6 Å². The van der Waals surface area contributed by atoms with Gasteiger partial charge in [0.15, 0.2) is 5.58 Å². The van der Waals surface area contributed by atoms with E-state index in [-0.39, 0.29) is 12.6 Å². The molecule has 1 aliphatic carbocycles. The lowest BCUT2D eigenvalue weighted by atomic mass is 9.86. The van der Waals surface area contributed by atoms with Gasteiger partial charge >= 0.3 is 11.8 Å². The maximum atomic E-state index is 12.1. The second-order valence-electron chi connectivity index (χ2n) is 6.46. The summed E-state index contributed by atoms with van der Waals surface area (Å²) in [6.07, 6.45) is 4.22. The topological polar surface area (TPSA) is 93.3 Å². The minimum Gasteiger partial charge on any atom is -0.408 e. The Morgan fingerprint density at radius 3 is 2.84 bits per heavy atom. The first-order valence-electron chi connectivity index (χ1n) is 8.33. The minimum absolute atomic E-state index is 0.0705. The van der Waals surface area contributed by atoms with Gasteiger partial charge in [0.2, 0.25) is 5.91 Å². The van der Waals surface area contributed by atoms with Crippen LogP contribution in [0.5, 0.6) is 0 Å². The van der Waals surface area contributed by atoms with E-state index in [0.29, 0.717) is 22.0 Å². The number of imide groups is 1. The molecule has 2 atom stereocenters. The van der Waals surface area contributed by atoms with E-state index in [2.05, 4.69) is 17.6 Å². The van der Waals surface area contributed by atoms with Crippen molar-refractivity contribution in [1.82, 2.24) is 15.2 Å². The van der Waals surface area contributed by atoms with Crippen LogP contribution in [0.1, 0.15) is 32.6 Å². The van der Waals surface area contributed by atoms with E-state index in [0.717, 1.165) is 23.8 Å². The number of carbonyl (C=O) groups is 2. The highest BCUT2D eigenvalue weighted by molar-refractivity contribution is 6.31. The maximum Gasteiger partial charge on any atom is 0.420 e. The molecule has 1 aromatic heterocycles. The number of hydrogen-bond acceptors (Lipinski definition) is 4. The minimum atomic E-state index is -0.672. The largest absolute Gasteiger partial charge is 0.420 e. The molecule has 1 fully saturated rings. The molecule has 0 bridgehead atoms. The summed E-state index contributed by atoms with van der Waals surface area (Å²) >= 11 is 5.86. The second-order valence-corrected chi connectivity index (χ2v) is 6.89. The summed E-state index contributed by atoms with van der Waals surface area (Å²) in [5.41, 5.74) is 0.747. The van der Waals surface area contributed by atoms with Crippen LogP contribution in [0.25, 0.3) is 11.1 Å². The zero-order valence-electron chi connectivity index (χ0n) is 13.9. The van der Waals surface area contributed by atoms with Crippen LogP contribution in [0, 0.1) is 5.92 Å². The third kappa shape index (κ3) is 4.04. The van der Waals surface area contributed by atoms with Crippen LogP contribution in [0.4, 0.5) is 4.79 Å². The summed E-state index contributed by atoms with van der Waals surface area (Å²) in [6, 6.07) is 4.24. The number of rotatable bonds is 3. The highest BCUT2D eigenvalue weighted by Crippen LogP contribution is 2.23. The summed E-state index contributed by atoms with van der Waals surface area (Å²) in [6.45, 7) is 1.79. The number of amides is 3. The molecule has 3 amide bonds. The van der Waals surface area contributed by atoms with Gasteiger partial charge in [-0.15, -0.1) is 0 Å². The first kappa shape index (κ1) is 17.5. The molecule has 0 saturated heterocycles. The molecule has 8 heteroatoms. The highest BCUT2D eigenvalue weighted by atomic mass is 35.5. The van der Waals surface area contributed by atoms with Crippen molar-refractivity contribution in [2.75, 3.05) is 0 Å². The lowest BCUT2D eigenvalue weighted by Gasteiger charge is -2.29. The van der Waals surface area contributed by atoms with Crippen LogP contribution in [-0.4, -0.2) is 22.5 Å². The summed E-state index contributed by atoms with van der Waals surface area (Å²) in [5.74, 6) is -0.866. The zero-order valence-corrected chi connectivity index (χ0v) is 14.6. The van der Waals surface area contributed by atoms with Crippen molar-refractivity contribution >= 4 is 34.6 Å². The van der Waals surface area contributed by atoms with Crippen LogP contribution in [0.15, 0.2) is 27.4 Å². The van der Waals surface area contributed by atoms with Crippen LogP contribution in [0.2, 0.25) is 5.02 Å². The van der Waals surface area contributed by atoms with Crippen LogP contribution < -0.4 is 16.4 Å². The summed E-state index contributed by atoms with van der Waals surface area (Å²) in [4.78, 5) is 36.0. The predicted octanol–water partition coefficient (Wildman–Crippen LogP) is 2.65. The van der Waals surface area contributed by atoms with Crippen LogP contribution in [0.3, 0.4) is 0 Å². The molecule has 134 valence electrons. The first-order valence-corrected chi connectivity index (χ1v) is 8.71. The smallest absolute Gasteiger partial charge is 0.408 e. The normalized spacial score (nSPS) is 20.4. The number of aromatic nitrogens is 1. The molecule has 0 unspecified atom stereocenters. The average Bonchev–Trinajstić information content (AvgIpc) is 2.84. The average molecular weight is 366 g/mol. The third-order valence-corrected chi connectivity index (χ3v) is 4.85.